The van der Waals surface area contributed by atoms with Crippen molar-refractivity contribution in [1.82, 2.24) is 0 Å². The molecule has 24 heavy (non-hydrogen) atoms. The van der Waals surface area contributed by atoms with Crippen LogP contribution in [-0.2, 0) is 9.53 Å². The van der Waals surface area contributed by atoms with Crippen LogP contribution < -0.4 is 14.8 Å². The van der Waals surface area contributed by atoms with E-state index in [1.54, 1.807) is 43.3 Å². The molecule has 0 radical (unpaired) electrons. The van der Waals surface area contributed by atoms with Crippen molar-refractivity contribution in [3.8, 4) is 11.5 Å². The number of esters is 1. The molecule has 0 aliphatic rings. The minimum Gasteiger partial charge on any atom is -0.497 e. The van der Waals surface area contributed by atoms with E-state index in [1.807, 2.05) is 6.07 Å². The Labute approximate surface area is 140 Å². The molecule has 1 N–H and O–H groups in total. The molecule has 6 nitrogen and oxygen atoms in total. The van der Waals surface area contributed by atoms with E-state index in [9.17, 15) is 9.59 Å². The number of ether oxygens (including phenoxy) is 3. The molecule has 0 aliphatic carbocycles. The van der Waals surface area contributed by atoms with E-state index in [1.165, 1.54) is 14.2 Å². The lowest BCUT2D eigenvalue weighted by molar-refractivity contribution is -0.119. The van der Waals surface area contributed by atoms with E-state index in [4.69, 9.17) is 14.2 Å². The van der Waals surface area contributed by atoms with Crippen LogP contribution in [0.5, 0.6) is 11.5 Å². The maximum absolute atomic E-state index is 12.0. The van der Waals surface area contributed by atoms with Crippen LogP contribution in [-0.4, -0.2) is 32.7 Å². The fraction of sp³-hybridized carbons (Fsp3) is 0.222. The summed E-state index contributed by atoms with van der Waals surface area (Å²) < 4.78 is 15.3. The van der Waals surface area contributed by atoms with Gasteiger partial charge in [0.15, 0.2) is 6.61 Å². The molecule has 0 fully saturated rings. The molecule has 0 atom stereocenters. The molecule has 2 rings (SSSR count). The van der Waals surface area contributed by atoms with Gasteiger partial charge in [-0.3, -0.25) is 4.79 Å². The molecule has 0 heterocycles. The second kappa shape index (κ2) is 8.01. The first-order valence-corrected chi connectivity index (χ1v) is 7.29. The van der Waals surface area contributed by atoms with Crippen LogP contribution in [0.1, 0.15) is 15.9 Å². The van der Waals surface area contributed by atoms with Crippen molar-refractivity contribution in [2.24, 2.45) is 0 Å². The van der Waals surface area contributed by atoms with E-state index in [2.05, 4.69) is 5.32 Å². The van der Waals surface area contributed by atoms with Crippen LogP contribution in [0.2, 0.25) is 0 Å². The second-order valence-corrected chi connectivity index (χ2v) is 5.04. The Hall–Kier alpha value is -3.02. The Kier molecular flexibility index (Phi) is 5.78. The summed E-state index contributed by atoms with van der Waals surface area (Å²) in [5, 5.41) is 2.64. The van der Waals surface area contributed by atoms with Gasteiger partial charge in [-0.2, -0.15) is 0 Å². The van der Waals surface area contributed by atoms with E-state index >= 15 is 0 Å². The van der Waals surface area contributed by atoms with E-state index in [-0.39, 0.29) is 6.61 Å². The number of methoxy groups -OCH3 is 2. The van der Waals surface area contributed by atoms with Gasteiger partial charge in [0.1, 0.15) is 11.5 Å². The summed E-state index contributed by atoms with van der Waals surface area (Å²) in [6, 6.07) is 12.0. The number of benzene rings is 2. The number of aryl methyl sites for hydroxylation is 1. The highest BCUT2D eigenvalue weighted by Crippen LogP contribution is 2.25. The van der Waals surface area contributed by atoms with Gasteiger partial charge >= 0.3 is 5.97 Å². The quantitative estimate of drug-likeness (QED) is 0.825. The summed E-state index contributed by atoms with van der Waals surface area (Å²) in [6.07, 6.45) is 0. The zero-order chi connectivity index (χ0) is 17.5. The molecule has 6 heteroatoms. The predicted octanol–water partition coefficient (Wildman–Crippen LogP) is 2.81. The predicted molar refractivity (Wildman–Crippen MR) is 89.6 cm³/mol. The van der Waals surface area contributed by atoms with E-state index in [0.29, 0.717) is 22.7 Å². The van der Waals surface area contributed by atoms with Gasteiger partial charge < -0.3 is 19.5 Å². The van der Waals surface area contributed by atoms with Crippen LogP contribution in [0.4, 0.5) is 5.69 Å². The molecular weight excluding hydrogens is 310 g/mol. The monoisotopic (exact) mass is 329 g/mol. The van der Waals surface area contributed by atoms with Crippen molar-refractivity contribution < 1.29 is 23.8 Å². The number of carbonyl (C=O) groups excluding carboxylic acids is 2. The van der Waals surface area contributed by atoms with Crippen LogP contribution in [0.15, 0.2) is 42.5 Å². The molecule has 2 aromatic carbocycles. The third kappa shape index (κ3) is 4.49. The molecule has 0 bridgehead atoms. The summed E-state index contributed by atoms with van der Waals surface area (Å²) in [5.41, 5.74) is 1.72. The molecule has 2 aromatic rings. The van der Waals surface area contributed by atoms with Gasteiger partial charge in [-0.25, -0.2) is 4.79 Å². The number of rotatable bonds is 6. The minimum atomic E-state index is -0.536. The Bertz CT molecular complexity index is 720. The maximum Gasteiger partial charge on any atom is 0.338 e. The molecule has 126 valence electrons. The van der Waals surface area contributed by atoms with Gasteiger partial charge in [0, 0.05) is 23.9 Å². The van der Waals surface area contributed by atoms with Gasteiger partial charge in [0.2, 0.25) is 0 Å². The lowest BCUT2D eigenvalue weighted by atomic mass is 10.1. The van der Waals surface area contributed by atoms with Crippen molar-refractivity contribution in [3.63, 3.8) is 0 Å². The molecule has 0 aliphatic heterocycles. The van der Waals surface area contributed by atoms with Gasteiger partial charge in [0.05, 0.1) is 19.8 Å². The number of amides is 1. The lowest BCUT2D eigenvalue weighted by Crippen LogP contribution is -2.21. The normalized spacial score (nSPS) is 9.96. The summed E-state index contributed by atoms with van der Waals surface area (Å²) in [7, 11) is 3.04. The Morgan fingerprint density at radius 3 is 2.21 bits per heavy atom. The maximum atomic E-state index is 12.0. The third-order valence-corrected chi connectivity index (χ3v) is 3.33. The highest BCUT2D eigenvalue weighted by atomic mass is 16.5. The minimum absolute atomic E-state index is 0.382. The zero-order valence-corrected chi connectivity index (χ0v) is 13.8. The summed E-state index contributed by atoms with van der Waals surface area (Å²) in [6.45, 7) is 1.42. The third-order valence-electron chi connectivity index (χ3n) is 3.33. The van der Waals surface area contributed by atoms with Crippen molar-refractivity contribution in [2.45, 2.75) is 6.92 Å². The first-order chi connectivity index (χ1) is 11.5. The van der Waals surface area contributed by atoms with Crippen molar-refractivity contribution >= 4 is 17.6 Å². The zero-order valence-electron chi connectivity index (χ0n) is 13.8. The SMILES string of the molecule is COc1cc(NC(=O)COC(=O)c2ccccc2C)cc(OC)c1. The van der Waals surface area contributed by atoms with E-state index < -0.39 is 11.9 Å². The average molecular weight is 329 g/mol. The largest absolute Gasteiger partial charge is 0.497 e. The Morgan fingerprint density at radius 1 is 1.00 bits per heavy atom. The van der Waals surface area contributed by atoms with Gasteiger partial charge in [-0.15, -0.1) is 0 Å². The highest BCUT2D eigenvalue weighted by Gasteiger charge is 2.13. The fourth-order valence-corrected chi connectivity index (χ4v) is 2.09. The number of hydrogen-bond donors (Lipinski definition) is 1. The average Bonchev–Trinajstić information content (AvgIpc) is 2.59. The lowest BCUT2D eigenvalue weighted by Gasteiger charge is -2.10. The van der Waals surface area contributed by atoms with Gasteiger partial charge in [-0.1, -0.05) is 18.2 Å². The molecule has 0 unspecified atom stereocenters. The standard InChI is InChI=1S/C18H19NO5/c1-12-6-4-5-7-16(12)18(21)24-11-17(20)19-13-8-14(22-2)10-15(9-13)23-3/h4-10H,11H2,1-3H3,(H,19,20). The summed E-state index contributed by atoms with van der Waals surface area (Å²) >= 11 is 0. The van der Waals surface area contributed by atoms with Crippen molar-refractivity contribution in [2.75, 3.05) is 26.1 Å². The van der Waals surface area contributed by atoms with Crippen LogP contribution >= 0.6 is 0 Å². The fourth-order valence-electron chi connectivity index (χ4n) is 2.09. The van der Waals surface area contributed by atoms with E-state index in [0.717, 1.165) is 5.56 Å². The topological polar surface area (TPSA) is 73.9 Å². The van der Waals surface area contributed by atoms with Crippen molar-refractivity contribution in [1.29, 1.82) is 0 Å². The van der Waals surface area contributed by atoms with Crippen LogP contribution in [0.25, 0.3) is 0 Å². The Balaban J connectivity index is 1.96. The summed E-state index contributed by atoms with van der Waals surface area (Å²) in [4.78, 5) is 23.9. The first-order valence-electron chi connectivity index (χ1n) is 7.29. The molecule has 0 spiro atoms. The van der Waals surface area contributed by atoms with Gasteiger partial charge in [-0.05, 0) is 18.6 Å². The summed E-state index contributed by atoms with van der Waals surface area (Å²) in [5.74, 6) is 0.0989. The number of carbonyl (C=O) groups is 2. The van der Waals surface area contributed by atoms with Gasteiger partial charge in [0.25, 0.3) is 5.91 Å². The first kappa shape index (κ1) is 17.3. The number of hydrogen-bond acceptors (Lipinski definition) is 5. The molecule has 0 aromatic heterocycles. The second-order valence-electron chi connectivity index (χ2n) is 5.04. The molecule has 1 amide bonds. The molecular formula is C18H19NO5. The number of nitrogens with one attached hydrogen (secondary N) is 1. The highest BCUT2D eigenvalue weighted by molar-refractivity contribution is 5.96. The molecule has 0 saturated carbocycles. The van der Waals surface area contributed by atoms with Crippen LogP contribution in [0, 0.1) is 6.92 Å². The Morgan fingerprint density at radius 2 is 1.62 bits per heavy atom. The molecule has 0 saturated heterocycles. The van der Waals surface area contributed by atoms with Crippen molar-refractivity contribution in [3.05, 3.63) is 53.6 Å². The smallest absolute Gasteiger partial charge is 0.338 e. The van der Waals surface area contributed by atoms with Crippen LogP contribution in [0.3, 0.4) is 0 Å². The number of anilines is 1.